The van der Waals surface area contributed by atoms with Crippen molar-refractivity contribution >= 4 is 10.9 Å². The highest BCUT2D eigenvalue weighted by Crippen LogP contribution is 2.12. The van der Waals surface area contributed by atoms with E-state index < -0.39 is 0 Å². The van der Waals surface area contributed by atoms with Gasteiger partial charge in [0.2, 0.25) is 0 Å². The Bertz CT molecular complexity index is 605. The number of benzene rings is 1. The van der Waals surface area contributed by atoms with Gasteiger partial charge < -0.3 is 15.0 Å². The Morgan fingerprint density at radius 3 is 2.95 bits per heavy atom. The molecule has 0 aliphatic heterocycles. The number of hydrogen-bond acceptors (Lipinski definition) is 3. The minimum absolute atomic E-state index is 0.0180. The largest absolute Gasteiger partial charge is 0.385 e. The maximum atomic E-state index is 11.9. The van der Waals surface area contributed by atoms with Crippen LogP contribution < -0.4 is 10.9 Å². The van der Waals surface area contributed by atoms with Crippen molar-refractivity contribution in [1.82, 2.24) is 10.3 Å². The molecule has 1 aromatic carbocycles. The molecular formula is C15H20N2O2. The summed E-state index contributed by atoms with van der Waals surface area (Å²) in [5.74, 6) is 0. The summed E-state index contributed by atoms with van der Waals surface area (Å²) in [6, 6.07) is 7.99. The minimum Gasteiger partial charge on any atom is -0.385 e. The fourth-order valence-corrected chi connectivity index (χ4v) is 2.07. The summed E-state index contributed by atoms with van der Waals surface area (Å²) in [6.45, 7) is 4.22. The first-order valence-corrected chi connectivity index (χ1v) is 6.53. The summed E-state index contributed by atoms with van der Waals surface area (Å²) in [6.07, 6.45) is 0.946. The molecule has 4 nitrogen and oxygen atoms in total. The van der Waals surface area contributed by atoms with E-state index in [-0.39, 0.29) is 5.56 Å². The maximum Gasteiger partial charge on any atom is 0.252 e. The fourth-order valence-electron chi connectivity index (χ4n) is 2.07. The van der Waals surface area contributed by atoms with E-state index in [1.165, 1.54) is 5.56 Å². The van der Waals surface area contributed by atoms with Crippen LogP contribution in [0.1, 0.15) is 17.5 Å². The van der Waals surface area contributed by atoms with Crippen molar-refractivity contribution in [3.05, 3.63) is 45.7 Å². The molecule has 0 saturated heterocycles. The van der Waals surface area contributed by atoms with Crippen LogP contribution in [0.2, 0.25) is 0 Å². The van der Waals surface area contributed by atoms with Gasteiger partial charge in [-0.2, -0.15) is 0 Å². The van der Waals surface area contributed by atoms with Gasteiger partial charge in [-0.05, 0) is 43.5 Å². The summed E-state index contributed by atoms with van der Waals surface area (Å²) in [7, 11) is 1.69. The average molecular weight is 260 g/mol. The number of fused-ring (bicyclic) bond motifs is 1. The number of nitrogens with one attached hydrogen (secondary N) is 2. The Hall–Kier alpha value is -1.65. The lowest BCUT2D eigenvalue weighted by molar-refractivity contribution is 0.194. The highest BCUT2D eigenvalue weighted by Gasteiger charge is 2.02. The van der Waals surface area contributed by atoms with Crippen molar-refractivity contribution in [2.24, 2.45) is 0 Å². The van der Waals surface area contributed by atoms with Crippen LogP contribution in [0.15, 0.2) is 29.1 Å². The number of rotatable bonds is 6. The Morgan fingerprint density at radius 1 is 1.32 bits per heavy atom. The fraction of sp³-hybridized carbons (Fsp3) is 0.400. The molecule has 2 N–H and O–H groups in total. The van der Waals surface area contributed by atoms with Crippen molar-refractivity contribution in [1.29, 1.82) is 0 Å². The van der Waals surface area contributed by atoms with Crippen LogP contribution in [0.5, 0.6) is 0 Å². The molecule has 0 atom stereocenters. The summed E-state index contributed by atoms with van der Waals surface area (Å²) >= 11 is 0. The summed E-state index contributed by atoms with van der Waals surface area (Å²) in [5, 5.41) is 4.33. The van der Waals surface area contributed by atoms with Crippen molar-refractivity contribution < 1.29 is 4.74 Å². The lowest BCUT2D eigenvalue weighted by Gasteiger charge is -2.06. The number of aromatic nitrogens is 1. The monoisotopic (exact) mass is 260 g/mol. The van der Waals surface area contributed by atoms with E-state index >= 15 is 0 Å². The normalized spacial score (nSPS) is 11.1. The van der Waals surface area contributed by atoms with Gasteiger partial charge in [0, 0.05) is 31.3 Å². The second-order valence-electron chi connectivity index (χ2n) is 4.74. The van der Waals surface area contributed by atoms with Gasteiger partial charge in [0.15, 0.2) is 0 Å². The first-order valence-electron chi connectivity index (χ1n) is 6.53. The van der Waals surface area contributed by atoms with Crippen LogP contribution >= 0.6 is 0 Å². The number of aryl methyl sites for hydroxylation is 1. The molecule has 0 aliphatic carbocycles. The van der Waals surface area contributed by atoms with Gasteiger partial charge in [0.05, 0.1) is 0 Å². The van der Waals surface area contributed by atoms with Gasteiger partial charge >= 0.3 is 0 Å². The molecule has 0 spiro atoms. The summed E-state index contributed by atoms with van der Waals surface area (Å²) in [5.41, 5.74) is 2.84. The second-order valence-corrected chi connectivity index (χ2v) is 4.74. The van der Waals surface area contributed by atoms with Gasteiger partial charge in [0.25, 0.3) is 5.56 Å². The molecule has 0 radical (unpaired) electrons. The Balaban J connectivity index is 2.10. The number of ether oxygens (including phenoxy) is 1. The first kappa shape index (κ1) is 13.8. The SMILES string of the molecule is COCCCNCc1cc2cc(C)ccc2[nH]c1=O. The Labute approximate surface area is 112 Å². The zero-order chi connectivity index (χ0) is 13.7. The Morgan fingerprint density at radius 2 is 2.16 bits per heavy atom. The maximum absolute atomic E-state index is 11.9. The number of pyridine rings is 1. The molecule has 0 saturated carbocycles. The number of aromatic amines is 1. The number of H-pyrrole nitrogens is 1. The minimum atomic E-state index is -0.0180. The molecule has 0 unspecified atom stereocenters. The van der Waals surface area contributed by atoms with Gasteiger partial charge in [-0.15, -0.1) is 0 Å². The van der Waals surface area contributed by atoms with Crippen LogP contribution in [0.3, 0.4) is 0 Å². The van der Waals surface area contributed by atoms with E-state index in [4.69, 9.17) is 4.74 Å². The van der Waals surface area contributed by atoms with E-state index in [2.05, 4.69) is 16.4 Å². The number of hydrogen-bond donors (Lipinski definition) is 2. The highest BCUT2D eigenvalue weighted by atomic mass is 16.5. The van der Waals surface area contributed by atoms with Crippen molar-refractivity contribution in [3.8, 4) is 0 Å². The van der Waals surface area contributed by atoms with Crippen LogP contribution in [0.25, 0.3) is 10.9 Å². The van der Waals surface area contributed by atoms with E-state index in [0.29, 0.717) is 6.54 Å². The quantitative estimate of drug-likeness (QED) is 0.781. The average Bonchev–Trinajstić information content (AvgIpc) is 2.39. The lowest BCUT2D eigenvalue weighted by Crippen LogP contribution is -2.22. The molecule has 1 heterocycles. The molecule has 4 heteroatoms. The summed E-state index contributed by atoms with van der Waals surface area (Å²) < 4.78 is 4.98. The highest BCUT2D eigenvalue weighted by molar-refractivity contribution is 5.79. The van der Waals surface area contributed by atoms with Crippen LogP contribution in [-0.2, 0) is 11.3 Å². The first-order chi connectivity index (χ1) is 9.20. The smallest absolute Gasteiger partial charge is 0.252 e. The van der Waals surface area contributed by atoms with Gasteiger partial charge in [-0.25, -0.2) is 0 Å². The third kappa shape index (κ3) is 3.66. The van der Waals surface area contributed by atoms with E-state index in [1.54, 1.807) is 7.11 Å². The molecule has 2 aromatic rings. The molecule has 0 bridgehead atoms. The molecule has 19 heavy (non-hydrogen) atoms. The molecule has 0 aliphatic rings. The van der Waals surface area contributed by atoms with Crippen molar-refractivity contribution in [2.45, 2.75) is 19.9 Å². The predicted molar refractivity (Wildman–Crippen MR) is 77.5 cm³/mol. The van der Waals surface area contributed by atoms with Crippen molar-refractivity contribution in [3.63, 3.8) is 0 Å². The zero-order valence-corrected chi connectivity index (χ0v) is 11.5. The van der Waals surface area contributed by atoms with Crippen LogP contribution in [0, 0.1) is 6.92 Å². The van der Waals surface area contributed by atoms with E-state index in [1.807, 2.05) is 25.1 Å². The predicted octanol–water partition coefficient (Wildman–Crippen LogP) is 1.96. The molecular weight excluding hydrogens is 240 g/mol. The standard InChI is InChI=1S/C15H20N2O2/c1-11-4-5-14-12(8-11)9-13(15(18)17-14)10-16-6-3-7-19-2/h4-5,8-9,16H,3,6-7,10H2,1-2H3,(H,17,18). The molecule has 102 valence electrons. The molecule has 0 fully saturated rings. The van der Waals surface area contributed by atoms with E-state index in [0.717, 1.165) is 36.0 Å². The number of methoxy groups -OCH3 is 1. The van der Waals surface area contributed by atoms with Crippen LogP contribution in [0.4, 0.5) is 0 Å². The van der Waals surface area contributed by atoms with E-state index in [9.17, 15) is 4.79 Å². The lowest BCUT2D eigenvalue weighted by atomic mass is 10.1. The Kier molecular flexibility index (Phi) is 4.71. The van der Waals surface area contributed by atoms with Gasteiger partial charge in [-0.1, -0.05) is 11.6 Å². The van der Waals surface area contributed by atoms with Gasteiger partial charge in [0.1, 0.15) is 0 Å². The second kappa shape index (κ2) is 6.50. The third-order valence-corrected chi connectivity index (χ3v) is 3.09. The van der Waals surface area contributed by atoms with Gasteiger partial charge in [-0.3, -0.25) is 4.79 Å². The molecule has 1 aromatic heterocycles. The topological polar surface area (TPSA) is 54.1 Å². The van der Waals surface area contributed by atoms with Crippen molar-refractivity contribution in [2.75, 3.05) is 20.3 Å². The molecule has 2 rings (SSSR count). The molecule has 0 amide bonds. The van der Waals surface area contributed by atoms with Crippen LogP contribution in [-0.4, -0.2) is 25.2 Å². The third-order valence-electron chi connectivity index (χ3n) is 3.09. The summed E-state index contributed by atoms with van der Waals surface area (Å²) in [4.78, 5) is 14.8. The zero-order valence-electron chi connectivity index (χ0n) is 11.5.